The molecule has 2 aliphatic heterocycles. The van der Waals surface area contributed by atoms with Crippen molar-refractivity contribution in [3.8, 4) is 17.0 Å². The van der Waals surface area contributed by atoms with Gasteiger partial charge in [0.05, 0.1) is 11.8 Å². The Balaban J connectivity index is 1.30. The first-order valence-electron chi connectivity index (χ1n) is 11.2. The van der Waals surface area contributed by atoms with Gasteiger partial charge < -0.3 is 19.4 Å². The van der Waals surface area contributed by atoms with Crippen molar-refractivity contribution in [3.63, 3.8) is 0 Å². The third-order valence-electron chi connectivity index (χ3n) is 6.94. The average molecular weight is 464 g/mol. The monoisotopic (exact) mass is 463 g/mol. The number of carbonyl (C=O) groups is 1. The zero-order valence-electron chi connectivity index (χ0n) is 18.4. The number of nitrogens with one attached hydrogen (secondary N) is 2. The minimum absolute atomic E-state index is 0.0984. The Kier molecular flexibility index (Phi) is 4.95. The van der Waals surface area contributed by atoms with E-state index in [1.165, 1.54) is 11.3 Å². The highest BCUT2D eigenvalue weighted by Crippen LogP contribution is 2.41. The lowest BCUT2D eigenvalue weighted by atomic mass is 9.80. The minimum Gasteiger partial charge on any atom is -0.479 e. The van der Waals surface area contributed by atoms with Gasteiger partial charge in [-0.15, -0.1) is 0 Å². The number of rotatable bonds is 3. The molecule has 0 radical (unpaired) electrons. The van der Waals surface area contributed by atoms with Gasteiger partial charge >= 0.3 is 6.03 Å². The summed E-state index contributed by atoms with van der Waals surface area (Å²) in [6.45, 7) is 3.12. The van der Waals surface area contributed by atoms with E-state index >= 15 is 0 Å². The van der Waals surface area contributed by atoms with Gasteiger partial charge in [0.2, 0.25) is 5.88 Å². The maximum atomic E-state index is 13.0. The van der Waals surface area contributed by atoms with Crippen LogP contribution in [-0.4, -0.2) is 59.3 Å². The van der Waals surface area contributed by atoms with E-state index in [1.54, 1.807) is 7.11 Å². The van der Waals surface area contributed by atoms with Crippen molar-refractivity contribution in [2.75, 3.05) is 38.7 Å². The largest absolute Gasteiger partial charge is 0.479 e. The molecule has 0 unspecified atom stereocenters. The van der Waals surface area contributed by atoms with E-state index in [2.05, 4.69) is 38.5 Å². The van der Waals surface area contributed by atoms with Crippen LogP contribution in [0.25, 0.3) is 32.2 Å². The molecular formula is C24H25N5O3S. The highest BCUT2D eigenvalue weighted by Gasteiger charge is 2.41. The number of hydrogen-bond acceptors (Lipinski definition) is 6. The Morgan fingerprint density at radius 1 is 1.27 bits per heavy atom. The Hall–Kier alpha value is -3.17. The number of aromatic amines is 1. The highest BCUT2D eigenvalue weighted by atomic mass is 32.1. The van der Waals surface area contributed by atoms with Gasteiger partial charge in [-0.25, -0.2) is 14.8 Å². The molecule has 3 aromatic heterocycles. The van der Waals surface area contributed by atoms with E-state index < -0.39 is 0 Å². The summed E-state index contributed by atoms with van der Waals surface area (Å²) in [5.41, 5.74) is 3.92. The van der Waals surface area contributed by atoms with Crippen LogP contribution in [0.1, 0.15) is 19.3 Å². The normalized spacial score (nSPS) is 17.8. The molecule has 1 aromatic carbocycles. The molecule has 2 N–H and O–H groups in total. The Bertz CT molecular complexity index is 1340. The van der Waals surface area contributed by atoms with Gasteiger partial charge in [0, 0.05) is 49.8 Å². The maximum absolute atomic E-state index is 13.0. The second kappa shape index (κ2) is 8.00. The number of thiazole rings is 1. The summed E-state index contributed by atoms with van der Waals surface area (Å²) in [5, 5.41) is 4.73. The fourth-order valence-corrected chi connectivity index (χ4v) is 5.98. The second-order valence-electron chi connectivity index (χ2n) is 8.87. The number of aromatic nitrogens is 3. The number of urea groups is 1. The van der Waals surface area contributed by atoms with E-state index in [-0.39, 0.29) is 11.4 Å². The molecular weight excluding hydrogens is 438 g/mol. The van der Waals surface area contributed by atoms with E-state index in [1.807, 2.05) is 23.4 Å². The summed E-state index contributed by atoms with van der Waals surface area (Å²) < 4.78 is 11.9. The van der Waals surface area contributed by atoms with Crippen LogP contribution in [0.15, 0.2) is 36.7 Å². The first-order chi connectivity index (χ1) is 16.1. The zero-order valence-corrected chi connectivity index (χ0v) is 19.2. The van der Waals surface area contributed by atoms with Crippen molar-refractivity contribution >= 4 is 43.6 Å². The fraction of sp³-hybridized carbons (Fsp3) is 0.375. The number of carbonyl (C=O) groups excluding carboxylic acids is 1. The van der Waals surface area contributed by atoms with Crippen molar-refractivity contribution in [2.45, 2.75) is 19.3 Å². The Morgan fingerprint density at radius 2 is 2.15 bits per heavy atom. The number of nitrogens with zero attached hydrogens (tertiary/aromatic N) is 3. The fourth-order valence-electron chi connectivity index (χ4n) is 5.01. The molecule has 8 nitrogen and oxygen atoms in total. The van der Waals surface area contributed by atoms with Crippen molar-refractivity contribution in [2.24, 2.45) is 5.41 Å². The third kappa shape index (κ3) is 3.61. The predicted octanol–water partition coefficient (Wildman–Crippen LogP) is 4.88. The van der Waals surface area contributed by atoms with Crippen LogP contribution in [-0.2, 0) is 4.74 Å². The summed E-state index contributed by atoms with van der Waals surface area (Å²) in [5.74, 6) is 0.453. The molecule has 2 amide bonds. The van der Waals surface area contributed by atoms with Gasteiger partial charge in [-0.1, -0.05) is 23.5 Å². The molecule has 2 fully saturated rings. The van der Waals surface area contributed by atoms with E-state index in [0.717, 1.165) is 72.3 Å². The number of fused-ring (bicyclic) bond motifs is 2. The molecule has 0 bridgehead atoms. The molecule has 9 heteroatoms. The lowest BCUT2D eigenvalue weighted by molar-refractivity contribution is 0.0211. The van der Waals surface area contributed by atoms with Crippen molar-refractivity contribution < 1.29 is 14.3 Å². The number of hydrogen-bond donors (Lipinski definition) is 2. The molecule has 0 aliphatic carbocycles. The van der Waals surface area contributed by atoms with E-state index in [0.29, 0.717) is 16.5 Å². The molecule has 5 heterocycles. The number of benzene rings is 1. The topological polar surface area (TPSA) is 92.4 Å². The molecule has 170 valence electrons. The van der Waals surface area contributed by atoms with Gasteiger partial charge in [-0.2, -0.15) is 0 Å². The number of ether oxygens (including phenoxy) is 2. The molecule has 6 rings (SSSR count). The number of H-pyrrole nitrogens is 1. The van der Waals surface area contributed by atoms with Crippen LogP contribution in [0.5, 0.6) is 5.88 Å². The van der Waals surface area contributed by atoms with Crippen LogP contribution >= 0.6 is 11.3 Å². The van der Waals surface area contributed by atoms with Crippen LogP contribution in [0.4, 0.5) is 9.93 Å². The smallest absolute Gasteiger partial charge is 0.323 e. The Morgan fingerprint density at radius 3 is 3.00 bits per heavy atom. The molecule has 2 saturated heterocycles. The molecule has 1 spiro atoms. The summed E-state index contributed by atoms with van der Waals surface area (Å²) in [6.07, 6.45) is 6.82. The van der Waals surface area contributed by atoms with Gasteiger partial charge in [0.25, 0.3) is 0 Å². The van der Waals surface area contributed by atoms with Crippen LogP contribution < -0.4 is 10.1 Å². The maximum Gasteiger partial charge on any atom is 0.323 e. The average Bonchev–Trinajstić information content (AvgIpc) is 3.57. The Labute approximate surface area is 194 Å². The summed E-state index contributed by atoms with van der Waals surface area (Å²) in [6, 6.07) is 8.21. The van der Waals surface area contributed by atoms with Crippen molar-refractivity contribution in [1.82, 2.24) is 19.9 Å². The standard InChI is InChI=1S/C24H25N5O3S/c1-31-21-19-20(17(13-26-21)16-3-2-15-4-8-25-18(15)12-16)33-22(27-19)28-23(30)29-9-5-24(14-29)6-10-32-11-7-24/h2-4,8,12-13,25H,5-7,9-11,14H2,1H3,(H,27,28,30). The first kappa shape index (κ1) is 20.4. The van der Waals surface area contributed by atoms with Crippen molar-refractivity contribution in [3.05, 3.63) is 36.7 Å². The third-order valence-corrected chi connectivity index (χ3v) is 7.94. The summed E-state index contributed by atoms with van der Waals surface area (Å²) >= 11 is 1.45. The minimum atomic E-state index is -0.0984. The number of pyridine rings is 1. The highest BCUT2D eigenvalue weighted by molar-refractivity contribution is 7.23. The first-order valence-corrected chi connectivity index (χ1v) is 12.0. The molecule has 33 heavy (non-hydrogen) atoms. The molecule has 2 aliphatic rings. The number of methoxy groups -OCH3 is 1. The molecule has 4 aromatic rings. The molecule has 0 atom stereocenters. The SMILES string of the molecule is COc1ncc(-c2ccc3cc[nH]c3c2)c2sc(NC(=O)N3CCC4(CCOCC4)C3)nc12. The summed E-state index contributed by atoms with van der Waals surface area (Å²) in [4.78, 5) is 27.4. The van der Waals surface area contributed by atoms with Gasteiger partial charge in [0.15, 0.2) is 5.13 Å². The number of likely N-dealkylation sites (tertiary alicyclic amines) is 1. The quantitative estimate of drug-likeness (QED) is 0.452. The number of anilines is 1. The van der Waals surface area contributed by atoms with Gasteiger partial charge in [-0.3, -0.25) is 5.32 Å². The van der Waals surface area contributed by atoms with Crippen molar-refractivity contribution in [1.29, 1.82) is 0 Å². The zero-order chi connectivity index (χ0) is 22.4. The van der Waals surface area contributed by atoms with Crippen LogP contribution in [0.2, 0.25) is 0 Å². The summed E-state index contributed by atoms with van der Waals surface area (Å²) in [7, 11) is 1.58. The molecule has 0 saturated carbocycles. The van der Waals surface area contributed by atoms with Gasteiger partial charge in [-0.05, 0) is 47.8 Å². The number of amides is 2. The lowest BCUT2D eigenvalue weighted by Crippen LogP contribution is -2.37. The second-order valence-corrected chi connectivity index (χ2v) is 9.87. The lowest BCUT2D eigenvalue weighted by Gasteiger charge is -2.33. The predicted molar refractivity (Wildman–Crippen MR) is 129 cm³/mol. The van der Waals surface area contributed by atoms with E-state index in [4.69, 9.17) is 9.47 Å². The van der Waals surface area contributed by atoms with E-state index in [9.17, 15) is 4.79 Å². The van der Waals surface area contributed by atoms with Gasteiger partial charge in [0.1, 0.15) is 5.52 Å². The van der Waals surface area contributed by atoms with Crippen LogP contribution in [0.3, 0.4) is 0 Å². The van der Waals surface area contributed by atoms with Crippen LogP contribution in [0, 0.1) is 5.41 Å².